The molecule has 2 aliphatic rings. The maximum absolute atomic E-state index is 5.73. The van der Waals surface area contributed by atoms with Crippen LogP contribution in [0.2, 0.25) is 0 Å². The third-order valence-electron chi connectivity index (χ3n) is 5.83. The van der Waals surface area contributed by atoms with E-state index in [1.807, 2.05) is 12.3 Å². The average molecular weight is 383 g/mol. The van der Waals surface area contributed by atoms with Crippen LogP contribution >= 0.6 is 12.2 Å². The van der Waals surface area contributed by atoms with E-state index in [-0.39, 0.29) is 12.1 Å². The van der Waals surface area contributed by atoms with E-state index in [4.69, 9.17) is 12.2 Å². The first kappa shape index (κ1) is 18.5. The molecule has 2 unspecified atom stereocenters. The standard InChI is InChI=1S/C22H30N4S/c1-16(2)14-26-21(20(24-22(26)27)19-10-6-7-12-23-19)17-11-13-25(15-17)18-8-4-3-5-9-18/h6-7,10-13,15-16,18,20-21H,3-5,8-9,14H2,1-2H3,(H,24,27). The normalized spacial score (nSPS) is 23.8. The maximum atomic E-state index is 5.73. The van der Waals surface area contributed by atoms with Gasteiger partial charge in [0.05, 0.1) is 17.8 Å². The van der Waals surface area contributed by atoms with Crippen molar-refractivity contribution < 1.29 is 0 Å². The molecule has 1 saturated heterocycles. The zero-order valence-corrected chi connectivity index (χ0v) is 17.2. The van der Waals surface area contributed by atoms with Gasteiger partial charge < -0.3 is 14.8 Å². The highest BCUT2D eigenvalue weighted by Gasteiger charge is 2.40. The van der Waals surface area contributed by atoms with Crippen LogP contribution in [0, 0.1) is 5.92 Å². The summed E-state index contributed by atoms with van der Waals surface area (Å²) in [6, 6.07) is 9.36. The van der Waals surface area contributed by atoms with Gasteiger partial charge >= 0.3 is 0 Å². The smallest absolute Gasteiger partial charge is 0.170 e. The molecule has 1 N–H and O–H groups in total. The number of nitrogens with zero attached hydrogens (tertiary/aromatic N) is 3. The molecular formula is C22H30N4S. The first-order valence-electron chi connectivity index (χ1n) is 10.3. The Labute approximate surface area is 168 Å². The summed E-state index contributed by atoms with van der Waals surface area (Å²) in [6.07, 6.45) is 13.2. The van der Waals surface area contributed by atoms with Crippen LogP contribution in [0.1, 0.15) is 75.3 Å². The monoisotopic (exact) mass is 382 g/mol. The SMILES string of the molecule is CC(C)CN1C(=S)NC(c2ccccn2)C1c1ccn(C2CCCCC2)c1. The Hall–Kier alpha value is -1.88. The van der Waals surface area contributed by atoms with Crippen molar-refractivity contribution in [1.29, 1.82) is 0 Å². The molecule has 2 aromatic rings. The number of rotatable bonds is 5. The van der Waals surface area contributed by atoms with Gasteiger partial charge in [-0.25, -0.2) is 0 Å². The van der Waals surface area contributed by atoms with Gasteiger partial charge in [0.2, 0.25) is 0 Å². The lowest BCUT2D eigenvalue weighted by molar-refractivity contribution is 0.286. The minimum atomic E-state index is 0.0969. The summed E-state index contributed by atoms with van der Waals surface area (Å²) < 4.78 is 2.44. The molecule has 4 nitrogen and oxygen atoms in total. The van der Waals surface area contributed by atoms with Crippen LogP contribution in [0.5, 0.6) is 0 Å². The van der Waals surface area contributed by atoms with Crippen molar-refractivity contribution in [2.75, 3.05) is 6.54 Å². The predicted octanol–water partition coefficient (Wildman–Crippen LogP) is 5.02. The van der Waals surface area contributed by atoms with Crippen LogP contribution in [-0.4, -0.2) is 26.1 Å². The van der Waals surface area contributed by atoms with Crippen LogP contribution in [0.25, 0.3) is 0 Å². The number of nitrogens with one attached hydrogen (secondary N) is 1. The maximum Gasteiger partial charge on any atom is 0.170 e. The second-order valence-corrected chi connectivity index (χ2v) is 8.74. The Kier molecular flexibility index (Phi) is 5.48. The van der Waals surface area contributed by atoms with Crippen molar-refractivity contribution >= 4 is 17.3 Å². The van der Waals surface area contributed by atoms with Crippen LogP contribution in [0.3, 0.4) is 0 Å². The van der Waals surface area contributed by atoms with Gasteiger partial charge in [0, 0.05) is 31.2 Å². The van der Waals surface area contributed by atoms with Gasteiger partial charge in [-0.3, -0.25) is 4.98 Å². The molecule has 1 saturated carbocycles. The van der Waals surface area contributed by atoms with Gasteiger partial charge in [-0.15, -0.1) is 0 Å². The molecule has 5 heteroatoms. The first-order chi connectivity index (χ1) is 13.1. The highest BCUT2D eigenvalue weighted by molar-refractivity contribution is 7.80. The van der Waals surface area contributed by atoms with E-state index in [2.05, 4.69) is 64.2 Å². The largest absolute Gasteiger partial charge is 0.352 e. The third kappa shape index (κ3) is 3.88. The third-order valence-corrected chi connectivity index (χ3v) is 6.19. The molecule has 0 bridgehead atoms. The molecule has 0 amide bonds. The fourth-order valence-electron chi connectivity index (χ4n) is 4.57. The van der Waals surface area contributed by atoms with Gasteiger partial charge in [0.1, 0.15) is 0 Å². The summed E-state index contributed by atoms with van der Waals surface area (Å²) in [5.41, 5.74) is 2.39. The van der Waals surface area contributed by atoms with E-state index >= 15 is 0 Å². The van der Waals surface area contributed by atoms with E-state index in [0.29, 0.717) is 12.0 Å². The van der Waals surface area contributed by atoms with Gasteiger partial charge in [0.15, 0.2) is 5.11 Å². The number of hydrogen-bond acceptors (Lipinski definition) is 2. The van der Waals surface area contributed by atoms with Crippen molar-refractivity contribution in [2.45, 2.75) is 64.1 Å². The Bertz CT molecular complexity index is 764. The second-order valence-electron chi connectivity index (χ2n) is 8.36. The Balaban J connectivity index is 1.66. The van der Waals surface area contributed by atoms with Crippen molar-refractivity contribution in [3.05, 3.63) is 54.1 Å². The van der Waals surface area contributed by atoms with Gasteiger partial charge in [-0.2, -0.15) is 0 Å². The molecular weight excluding hydrogens is 352 g/mol. The highest BCUT2D eigenvalue weighted by atomic mass is 32.1. The zero-order valence-electron chi connectivity index (χ0n) is 16.3. The summed E-state index contributed by atoms with van der Waals surface area (Å²) >= 11 is 5.73. The van der Waals surface area contributed by atoms with E-state index < -0.39 is 0 Å². The molecule has 3 heterocycles. The molecule has 2 aromatic heterocycles. The Morgan fingerprint density at radius 2 is 2.00 bits per heavy atom. The molecule has 4 rings (SSSR count). The highest BCUT2D eigenvalue weighted by Crippen LogP contribution is 2.40. The minimum absolute atomic E-state index is 0.0969. The van der Waals surface area contributed by atoms with Crippen LogP contribution in [0.4, 0.5) is 0 Å². The van der Waals surface area contributed by atoms with Crippen LogP contribution < -0.4 is 5.32 Å². The molecule has 0 aromatic carbocycles. The number of aromatic nitrogens is 2. The summed E-state index contributed by atoms with van der Waals surface area (Å²) in [5.74, 6) is 0.551. The zero-order chi connectivity index (χ0) is 18.8. The van der Waals surface area contributed by atoms with Crippen molar-refractivity contribution in [3.63, 3.8) is 0 Å². The lowest BCUT2D eigenvalue weighted by Crippen LogP contribution is -2.32. The van der Waals surface area contributed by atoms with Gasteiger partial charge in [-0.05, 0) is 54.7 Å². The first-order valence-corrected chi connectivity index (χ1v) is 10.7. The second kappa shape index (κ2) is 8.01. The molecule has 0 spiro atoms. The quantitative estimate of drug-likeness (QED) is 0.736. The molecule has 1 aliphatic carbocycles. The molecule has 144 valence electrons. The van der Waals surface area contributed by atoms with E-state index in [9.17, 15) is 0 Å². The van der Waals surface area contributed by atoms with Crippen molar-refractivity contribution in [2.24, 2.45) is 5.92 Å². The fraction of sp³-hybridized carbons (Fsp3) is 0.545. The topological polar surface area (TPSA) is 33.1 Å². The summed E-state index contributed by atoms with van der Waals surface area (Å²) in [5, 5.41) is 4.39. The number of pyridine rings is 1. The number of hydrogen-bond donors (Lipinski definition) is 1. The fourth-order valence-corrected chi connectivity index (χ4v) is 4.89. The molecule has 2 atom stereocenters. The summed E-state index contributed by atoms with van der Waals surface area (Å²) in [4.78, 5) is 6.99. The van der Waals surface area contributed by atoms with Crippen LogP contribution in [0.15, 0.2) is 42.9 Å². The molecule has 0 radical (unpaired) electrons. The summed E-state index contributed by atoms with van der Waals surface area (Å²) in [7, 11) is 0. The predicted molar refractivity (Wildman–Crippen MR) is 114 cm³/mol. The van der Waals surface area contributed by atoms with E-state index in [1.54, 1.807) is 0 Å². The van der Waals surface area contributed by atoms with Crippen LogP contribution in [-0.2, 0) is 0 Å². The minimum Gasteiger partial charge on any atom is -0.352 e. The lowest BCUT2D eigenvalue weighted by Gasteiger charge is -2.29. The number of thiocarbonyl (C=S) groups is 1. The van der Waals surface area contributed by atoms with Gasteiger partial charge in [0.25, 0.3) is 0 Å². The Morgan fingerprint density at radius 1 is 1.19 bits per heavy atom. The molecule has 1 aliphatic heterocycles. The molecule has 27 heavy (non-hydrogen) atoms. The van der Waals surface area contributed by atoms with E-state index in [0.717, 1.165) is 17.4 Å². The van der Waals surface area contributed by atoms with Crippen molar-refractivity contribution in [1.82, 2.24) is 19.8 Å². The van der Waals surface area contributed by atoms with Gasteiger partial charge in [-0.1, -0.05) is 39.2 Å². The lowest BCUT2D eigenvalue weighted by atomic mass is 9.95. The van der Waals surface area contributed by atoms with Crippen molar-refractivity contribution in [3.8, 4) is 0 Å². The molecule has 2 fully saturated rings. The van der Waals surface area contributed by atoms with E-state index in [1.165, 1.54) is 37.7 Å². The Morgan fingerprint density at radius 3 is 2.70 bits per heavy atom. The average Bonchev–Trinajstić information content (AvgIpc) is 3.28. The summed E-state index contributed by atoms with van der Waals surface area (Å²) in [6.45, 7) is 5.45.